The summed E-state index contributed by atoms with van der Waals surface area (Å²) >= 11 is 0. The lowest BCUT2D eigenvalue weighted by Gasteiger charge is -2.12. The monoisotopic (exact) mass is 326 g/mol. The Hall–Kier alpha value is -1.67. The van der Waals surface area contributed by atoms with Crippen molar-refractivity contribution in [3.05, 3.63) is 24.0 Å². The molecular formula is C14H22N4O3S. The molecule has 8 heteroatoms. The summed E-state index contributed by atoms with van der Waals surface area (Å²) < 4.78 is 22.8. The Morgan fingerprint density at radius 2 is 2.18 bits per heavy atom. The van der Waals surface area contributed by atoms with Crippen molar-refractivity contribution >= 4 is 21.4 Å². The number of nitrogens with zero attached hydrogens (tertiary/aromatic N) is 2. The third-order valence-electron chi connectivity index (χ3n) is 3.44. The van der Waals surface area contributed by atoms with Gasteiger partial charge >= 0.3 is 0 Å². The van der Waals surface area contributed by atoms with Gasteiger partial charge in [0.1, 0.15) is 5.69 Å². The smallest absolute Gasteiger partial charge is 0.269 e. The van der Waals surface area contributed by atoms with E-state index in [1.807, 2.05) is 19.0 Å². The number of sulfone groups is 1. The van der Waals surface area contributed by atoms with Crippen LogP contribution in [0.3, 0.4) is 0 Å². The highest BCUT2D eigenvalue weighted by Gasteiger charge is 2.27. The van der Waals surface area contributed by atoms with E-state index in [9.17, 15) is 13.2 Å². The number of hydrogen-bond donors (Lipinski definition) is 2. The second kappa shape index (κ2) is 7.06. The first-order chi connectivity index (χ1) is 10.4. The van der Waals surface area contributed by atoms with Crippen LogP contribution in [0, 0.1) is 0 Å². The van der Waals surface area contributed by atoms with Gasteiger partial charge in [-0.2, -0.15) is 0 Å². The predicted octanol–water partition coefficient (Wildman–Crippen LogP) is -0.0280. The summed E-state index contributed by atoms with van der Waals surface area (Å²) in [6.45, 7) is 1.33. The Kier molecular flexibility index (Phi) is 5.36. The molecule has 1 aliphatic rings. The van der Waals surface area contributed by atoms with Crippen LogP contribution < -0.4 is 10.6 Å². The van der Waals surface area contributed by atoms with Gasteiger partial charge in [0.05, 0.1) is 23.4 Å². The largest absolute Gasteiger partial charge is 0.380 e. The summed E-state index contributed by atoms with van der Waals surface area (Å²) in [6.07, 6.45) is 2.17. The third kappa shape index (κ3) is 4.96. The maximum atomic E-state index is 11.9. The summed E-state index contributed by atoms with van der Waals surface area (Å²) in [7, 11) is 0.972. The molecule has 1 fully saturated rings. The minimum absolute atomic E-state index is 0.0773. The Balaban J connectivity index is 1.86. The van der Waals surface area contributed by atoms with Crippen molar-refractivity contribution in [3.63, 3.8) is 0 Å². The van der Waals surface area contributed by atoms with Gasteiger partial charge in [-0.3, -0.25) is 4.79 Å². The highest BCUT2D eigenvalue weighted by Crippen LogP contribution is 2.17. The van der Waals surface area contributed by atoms with Crippen LogP contribution in [-0.4, -0.2) is 68.9 Å². The fourth-order valence-corrected chi connectivity index (χ4v) is 3.92. The van der Waals surface area contributed by atoms with Crippen molar-refractivity contribution in [2.75, 3.05) is 44.0 Å². The molecule has 1 unspecified atom stereocenters. The van der Waals surface area contributed by atoms with E-state index >= 15 is 0 Å². The van der Waals surface area contributed by atoms with E-state index in [2.05, 4.69) is 15.6 Å². The van der Waals surface area contributed by atoms with E-state index in [4.69, 9.17) is 0 Å². The Bertz CT molecular complexity index is 613. The second-order valence-electron chi connectivity index (χ2n) is 5.74. The van der Waals surface area contributed by atoms with Crippen LogP contribution in [0.2, 0.25) is 0 Å². The zero-order valence-corrected chi connectivity index (χ0v) is 13.7. The van der Waals surface area contributed by atoms with Crippen molar-refractivity contribution in [1.82, 2.24) is 15.2 Å². The van der Waals surface area contributed by atoms with Gasteiger partial charge in [-0.15, -0.1) is 0 Å². The summed E-state index contributed by atoms with van der Waals surface area (Å²) in [5.74, 6) is 0.168. The predicted molar refractivity (Wildman–Crippen MR) is 85.8 cm³/mol. The van der Waals surface area contributed by atoms with Crippen LogP contribution in [0.1, 0.15) is 16.9 Å². The molecule has 7 nitrogen and oxygen atoms in total. The molecule has 1 saturated heterocycles. The number of carbonyl (C=O) groups is 1. The molecule has 0 saturated carbocycles. The molecule has 0 bridgehead atoms. The fraction of sp³-hybridized carbons (Fsp3) is 0.571. The molecule has 0 spiro atoms. The van der Waals surface area contributed by atoms with E-state index in [1.54, 1.807) is 18.3 Å². The van der Waals surface area contributed by atoms with Crippen LogP contribution in [0.5, 0.6) is 0 Å². The molecule has 0 aromatic carbocycles. The quantitative estimate of drug-likeness (QED) is 0.763. The molecular weight excluding hydrogens is 304 g/mol. The van der Waals surface area contributed by atoms with Gasteiger partial charge in [-0.1, -0.05) is 0 Å². The molecule has 0 aliphatic carbocycles. The molecule has 122 valence electrons. The summed E-state index contributed by atoms with van der Waals surface area (Å²) in [6, 6.07) is 3.31. The maximum Gasteiger partial charge on any atom is 0.269 e. The topological polar surface area (TPSA) is 91.4 Å². The zero-order valence-electron chi connectivity index (χ0n) is 12.9. The van der Waals surface area contributed by atoms with Crippen molar-refractivity contribution in [2.24, 2.45) is 0 Å². The minimum Gasteiger partial charge on any atom is -0.380 e. The lowest BCUT2D eigenvalue weighted by atomic mass is 10.2. The summed E-state index contributed by atoms with van der Waals surface area (Å²) in [5, 5.41) is 5.93. The Labute approximate surface area is 131 Å². The lowest BCUT2D eigenvalue weighted by Crippen LogP contribution is -2.31. The number of carbonyl (C=O) groups excluding carboxylic acids is 1. The Morgan fingerprint density at radius 3 is 2.73 bits per heavy atom. The standard InChI is InChI=1S/C14H22N4O3S/c1-18(2)7-6-15-14(19)13-4-3-11(9-16-13)17-12-5-8-22(20,21)10-12/h3-4,9,12,17H,5-8,10H2,1-2H3,(H,15,19). The van der Waals surface area contributed by atoms with Crippen LogP contribution in [0.15, 0.2) is 18.3 Å². The average Bonchev–Trinajstić information content (AvgIpc) is 2.78. The number of rotatable bonds is 6. The molecule has 22 heavy (non-hydrogen) atoms. The fourth-order valence-electron chi connectivity index (χ4n) is 2.24. The van der Waals surface area contributed by atoms with Crippen LogP contribution >= 0.6 is 0 Å². The number of anilines is 1. The first-order valence-corrected chi connectivity index (χ1v) is 9.04. The summed E-state index contributed by atoms with van der Waals surface area (Å²) in [4.78, 5) is 18.0. The molecule has 1 aliphatic heterocycles. The van der Waals surface area contributed by atoms with Crippen molar-refractivity contribution in [1.29, 1.82) is 0 Å². The van der Waals surface area contributed by atoms with E-state index in [0.717, 1.165) is 12.2 Å². The number of likely N-dealkylation sites (N-methyl/N-ethyl adjacent to an activating group) is 1. The zero-order chi connectivity index (χ0) is 16.2. The summed E-state index contributed by atoms with van der Waals surface area (Å²) in [5.41, 5.74) is 1.08. The van der Waals surface area contributed by atoms with Gasteiger partial charge in [-0.25, -0.2) is 13.4 Å². The van der Waals surface area contributed by atoms with Crippen LogP contribution in [-0.2, 0) is 9.84 Å². The number of nitrogens with one attached hydrogen (secondary N) is 2. The van der Waals surface area contributed by atoms with Crippen LogP contribution in [0.4, 0.5) is 5.69 Å². The maximum absolute atomic E-state index is 11.9. The SMILES string of the molecule is CN(C)CCNC(=O)c1ccc(NC2CCS(=O)(=O)C2)cn1. The highest BCUT2D eigenvalue weighted by molar-refractivity contribution is 7.91. The molecule has 1 atom stereocenters. The number of amides is 1. The van der Waals surface area contributed by atoms with Crippen LogP contribution in [0.25, 0.3) is 0 Å². The first kappa shape index (κ1) is 16.7. The van der Waals surface area contributed by atoms with Crippen molar-refractivity contribution < 1.29 is 13.2 Å². The minimum atomic E-state index is -2.91. The molecule has 1 amide bonds. The van der Waals surface area contributed by atoms with Crippen molar-refractivity contribution in [3.8, 4) is 0 Å². The van der Waals surface area contributed by atoms with E-state index in [0.29, 0.717) is 18.7 Å². The molecule has 2 N–H and O–H groups in total. The van der Waals surface area contributed by atoms with Gasteiger partial charge in [0.2, 0.25) is 0 Å². The molecule has 2 heterocycles. The van der Waals surface area contributed by atoms with Crippen molar-refractivity contribution in [2.45, 2.75) is 12.5 Å². The second-order valence-corrected chi connectivity index (χ2v) is 7.96. The average molecular weight is 326 g/mol. The van der Waals surface area contributed by atoms with E-state index in [1.165, 1.54) is 0 Å². The number of hydrogen-bond acceptors (Lipinski definition) is 6. The van der Waals surface area contributed by atoms with Gasteiger partial charge in [-0.05, 0) is 32.6 Å². The number of aromatic nitrogens is 1. The van der Waals surface area contributed by atoms with Gasteiger partial charge in [0.25, 0.3) is 5.91 Å². The Morgan fingerprint density at radius 1 is 1.41 bits per heavy atom. The van der Waals surface area contributed by atoms with Gasteiger partial charge in [0.15, 0.2) is 9.84 Å². The van der Waals surface area contributed by atoms with Gasteiger partial charge < -0.3 is 15.5 Å². The first-order valence-electron chi connectivity index (χ1n) is 7.22. The van der Waals surface area contributed by atoms with Gasteiger partial charge in [0, 0.05) is 19.1 Å². The third-order valence-corrected chi connectivity index (χ3v) is 5.21. The molecule has 1 aromatic rings. The highest BCUT2D eigenvalue weighted by atomic mass is 32.2. The number of pyridine rings is 1. The lowest BCUT2D eigenvalue weighted by molar-refractivity contribution is 0.0946. The molecule has 1 aromatic heterocycles. The van der Waals surface area contributed by atoms with E-state index < -0.39 is 9.84 Å². The van der Waals surface area contributed by atoms with E-state index in [-0.39, 0.29) is 23.5 Å². The molecule has 2 rings (SSSR count). The molecule has 0 radical (unpaired) electrons. The normalized spacial score (nSPS) is 20.0.